The van der Waals surface area contributed by atoms with Crippen molar-refractivity contribution in [1.82, 2.24) is 10.6 Å². The van der Waals surface area contributed by atoms with Crippen LogP contribution in [0.1, 0.15) is 30.0 Å². The van der Waals surface area contributed by atoms with Crippen molar-refractivity contribution in [2.75, 3.05) is 7.11 Å². The van der Waals surface area contributed by atoms with Gasteiger partial charge in [0.25, 0.3) is 0 Å². The largest absolute Gasteiger partial charge is 0.508 e. The number of aromatic hydroxyl groups is 1. The number of methoxy groups -OCH3 is 1. The minimum absolute atomic E-state index is 0.0584. The van der Waals surface area contributed by atoms with Crippen LogP contribution in [0.4, 0.5) is 4.79 Å². The van der Waals surface area contributed by atoms with E-state index in [-0.39, 0.29) is 17.8 Å². The van der Waals surface area contributed by atoms with Crippen molar-refractivity contribution in [1.29, 1.82) is 0 Å². The summed E-state index contributed by atoms with van der Waals surface area (Å²) >= 11 is 0. The van der Waals surface area contributed by atoms with E-state index < -0.39 is 0 Å². The van der Waals surface area contributed by atoms with E-state index in [1.165, 1.54) is 0 Å². The molecule has 5 heteroatoms. The van der Waals surface area contributed by atoms with Crippen molar-refractivity contribution in [2.24, 2.45) is 0 Å². The predicted molar refractivity (Wildman–Crippen MR) is 98.4 cm³/mol. The van der Waals surface area contributed by atoms with Gasteiger partial charge in [-0.1, -0.05) is 36.4 Å². The molecule has 1 atom stereocenters. The number of ether oxygens (including phenoxy) is 1. The molecule has 3 N–H and O–H groups in total. The lowest BCUT2D eigenvalue weighted by Gasteiger charge is -2.15. The van der Waals surface area contributed by atoms with Crippen LogP contribution in [-0.4, -0.2) is 24.3 Å². The van der Waals surface area contributed by atoms with Gasteiger partial charge in [-0.2, -0.15) is 0 Å². The Morgan fingerprint density at radius 3 is 2.48 bits per heavy atom. The molecule has 0 saturated carbocycles. The van der Waals surface area contributed by atoms with E-state index in [1.54, 1.807) is 19.2 Å². The fourth-order valence-electron chi connectivity index (χ4n) is 2.59. The molecule has 2 aromatic carbocycles. The maximum atomic E-state index is 12.1. The number of nitrogens with one attached hydrogen (secondary N) is 2. The summed E-state index contributed by atoms with van der Waals surface area (Å²) in [6, 6.07) is 14.9. The number of aryl methyl sites for hydroxylation is 1. The first-order valence-corrected chi connectivity index (χ1v) is 8.46. The number of amides is 2. The van der Waals surface area contributed by atoms with Crippen LogP contribution in [0.15, 0.2) is 48.5 Å². The first-order chi connectivity index (χ1) is 12.1. The van der Waals surface area contributed by atoms with Crippen molar-refractivity contribution in [2.45, 2.75) is 39.0 Å². The molecule has 5 nitrogen and oxygen atoms in total. The lowest BCUT2D eigenvalue weighted by molar-refractivity contribution is 0.184. The Morgan fingerprint density at radius 2 is 1.80 bits per heavy atom. The van der Waals surface area contributed by atoms with Crippen LogP contribution in [0, 0.1) is 0 Å². The summed E-state index contributed by atoms with van der Waals surface area (Å²) in [4.78, 5) is 12.1. The van der Waals surface area contributed by atoms with Crippen molar-refractivity contribution in [3.63, 3.8) is 0 Å². The summed E-state index contributed by atoms with van der Waals surface area (Å²) in [5.41, 5.74) is 3.27. The number of carbonyl (C=O) groups is 1. The number of phenolic OH excluding ortho intramolecular Hbond substituents is 1. The third-order valence-electron chi connectivity index (χ3n) is 4.04. The number of rotatable bonds is 8. The molecule has 0 radical (unpaired) electrons. The first-order valence-electron chi connectivity index (χ1n) is 8.46. The van der Waals surface area contributed by atoms with Gasteiger partial charge < -0.3 is 20.5 Å². The zero-order valence-electron chi connectivity index (χ0n) is 14.8. The Morgan fingerprint density at radius 1 is 1.12 bits per heavy atom. The lowest BCUT2D eigenvalue weighted by atomic mass is 10.1. The van der Waals surface area contributed by atoms with Crippen molar-refractivity contribution in [3.05, 3.63) is 65.2 Å². The van der Waals surface area contributed by atoms with E-state index in [4.69, 9.17) is 4.74 Å². The third-order valence-corrected chi connectivity index (χ3v) is 4.04. The Labute approximate surface area is 149 Å². The summed E-state index contributed by atoms with van der Waals surface area (Å²) in [7, 11) is 1.66. The number of hydrogen-bond donors (Lipinski definition) is 3. The van der Waals surface area contributed by atoms with Gasteiger partial charge in [-0.15, -0.1) is 0 Å². The fraction of sp³-hybridized carbons (Fsp3) is 0.350. The van der Waals surface area contributed by atoms with Crippen LogP contribution in [-0.2, 0) is 24.3 Å². The monoisotopic (exact) mass is 342 g/mol. The first kappa shape index (κ1) is 18.8. The van der Waals surface area contributed by atoms with Crippen molar-refractivity contribution < 1.29 is 14.6 Å². The molecule has 134 valence electrons. The molecule has 2 rings (SSSR count). The topological polar surface area (TPSA) is 70.6 Å². The molecule has 0 bridgehead atoms. The maximum Gasteiger partial charge on any atom is 0.315 e. The molecule has 0 spiro atoms. The molecular formula is C20H26N2O3. The highest BCUT2D eigenvalue weighted by Gasteiger charge is 2.08. The highest BCUT2D eigenvalue weighted by atomic mass is 16.5. The molecule has 1 unspecified atom stereocenters. The van der Waals surface area contributed by atoms with Crippen LogP contribution in [0.3, 0.4) is 0 Å². The highest BCUT2D eigenvalue weighted by Crippen LogP contribution is 2.12. The van der Waals surface area contributed by atoms with Gasteiger partial charge in [-0.25, -0.2) is 4.79 Å². The second kappa shape index (κ2) is 9.69. The second-order valence-electron chi connectivity index (χ2n) is 6.13. The molecular weight excluding hydrogens is 316 g/mol. The van der Waals surface area contributed by atoms with Gasteiger partial charge in [0.1, 0.15) is 5.75 Å². The minimum Gasteiger partial charge on any atom is -0.508 e. The molecule has 0 aliphatic heterocycles. The van der Waals surface area contributed by atoms with Crippen LogP contribution >= 0.6 is 0 Å². The van der Waals surface area contributed by atoms with Gasteiger partial charge in [-0.3, -0.25) is 0 Å². The predicted octanol–water partition coefficient (Wildman–Crippen LogP) is 3.36. The average Bonchev–Trinajstić information content (AvgIpc) is 2.61. The normalized spacial score (nSPS) is 11.8. The zero-order valence-corrected chi connectivity index (χ0v) is 14.8. The van der Waals surface area contributed by atoms with Crippen LogP contribution in [0.25, 0.3) is 0 Å². The van der Waals surface area contributed by atoms with Gasteiger partial charge in [-0.05, 0) is 48.6 Å². The highest BCUT2D eigenvalue weighted by molar-refractivity contribution is 5.74. The number of phenols is 1. The summed E-state index contributed by atoms with van der Waals surface area (Å²) in [5, 5.41) is 15.1. The van der Waals surface area contributed by atoms with Gasteiger partial charge in [0.15, 0.2) is 0 Å². The SMILES string of the molecule is COCc1ccccc1CNC(=O)NC(C)CCc1ccc(O)cc1. The molecule has 0 aliphatic rings. The minimum atomic E-state index is -0.176. The number of benzene rings is 2. The van der Waals surface area contributed by atoms with E-state index in [2.05, 4.69) is 10.6 Å². The van der Waals surface area contributed by atoms with E-state index >= 15 is 0 Å². The second-order valence-corrected chi connectivity index (χ2v) is 6.13. The van der Waals surface area contributed by atoms with Crippen LogP contribution in [0.5, 0.6) is 5.75 Å². The molecule has 0 aromatic heterocycles. The molecule has 0 fully saturated rings. The van der Waals surface area contributed by atoms with Crippen molar-refractivity contribution >= 4 is 6.03 Å². The Bertz CT molecular complexity index is 671. The third kappa shape index (κ3) is 6.47. The number of urea groups is 1. The Balaban J connectivity index is 1.75. The lowest BCUT2D eigenvalue weighted by Crippen LogP contribution is -2.40. The molecule has 0 heterocycles. The molecule has 25 heavy (non-hydrogen) atoms. The summed E-state index contributed by atoms with van der Waals surface area (Å²) in [6.07, 6.45) is 1.68. The molecule has 2 aromatic rings. The van der Waals surface area contributed by atoms with E-state index in [1.807, 2.05) is 43.3 Å². The van der Waals surface area contributed by atoms with E-state index in [0.717, 1.165) is 29.5 Å². The quantitative estimate of drug-likeness (QED) is 0.689. The smallest absolute Gasteiger partial charge is 0.315 e. The standard InChI is InChI=1S/C20H26N2O3/c1-15(7-8-16-9-11-19(23)12-10-16)22-20(24)21-13-17-5-3-4-6-18(17)14-25-2/h3-6,9-12,15,23H,7-8,13-14H2,1-2H3,(H2,21,22,24). The number of carbonyl (C=O) groups excluding carboxylic acids is 1. The molecule has 2 amide bonds. The molecule has 0 saturated heterocycles. The molecule has 0 aliphatic carbocycles. The maximum absolute atomic E-state index is 12.1. The Kier molecular flexibility index (Phi) is 7.29. The number of hydrogen-bond acceptors (Lipinski definition) is 3. The van der Waals surface area contributed by atoms with Crippen molar-refractivity contribution in [3.8, 4) is 5.75 Å². The van der Waals surface area contributed by atoms with E-state index in [9.17, 15) is 9.90 Å². The summed E-state index contributed by atoms with van der Waals surface area (Å²) < 4.78 is 5.18. The van der Waals surface area contributed by atoms with Gasteiger partial charge >= 0.3 is 6.03 Å². The van der Waals surface area contributed by atoms with Gasteiger partial charge in [0, 0.05) is 19.7 Å². The van der Waals surface area contributed by atoms with Crippen LogP contribution in [0.2, 0.25) is 0 Å². The summed E-state index contributed by atoms with van der Waals surface area (Å²) in [6.45, 7) is 2.98. The average molecular weight is 342 g/mol. The van der Waals surface area contributed by atoms with Gasteiger partial charge in [0.05, 0.1) is 6.61 Å². The fourth-order valence-corrected chi connectivity index (χ4v) is 2.59. The summed E-state index contributed by atoms with van der Waals surface area (Å²) in [5.74, 6) is 0.267. The van der Waals surface area contributed by atoms with Crippen LogP contribution < -0.4 is 10.6 Å². The van der Waals surface area contributed by atoms with E-state index in [0.29, 0.717) is 13.2 Å². The Hall–Kier alpha value is -2.53. The zero-order chi connectivity index (χ0) is 18.1. The van der Waals surface area contributed by atoms with Gasteiger partial charge in [0.2, 0.25) is 0 Å².